The van der Waals surface area contributed by atoms with E-state index in [-0.39, 0.29) is 17.6 Å². The smallest absolute Gasteiger partial charge is 0.165 e. The number of nitrogens with one attached hydrogen (secondary N) is 1. The van der Waals surface area contributed by atoms with Crippen LogP contribution in [0.2, 0.25) is 0 Å². The second kappa shape index (κ2) is 6.86. The first-order chi connectivity index (χ1) is 9.67. The molecule has 20 heavy (non-hydrogen) atoms. The Hall–Kier alpha value is -1.39. The molecule has 0 saturated carbocycles. The van der Waals surface area contributed by atoms with E-state index in [0.717, 1.165) is 18.5 Å². The number of aryl methyl sites for hydroxylation is 1. The number of rotatable bonds is 6. The second-order valence-corrected chi connectivity index (χ2v) is 5.70. The molecular weight excluding hydrogens is 273 g/mol. The van der Waals surface area contributed by atoms with Crippen molar-refractivity contribution < 1.29 is 9.13 Å². The number of halogens is 1. The summed E-state index contributed by atoms with van der Waals surface area (Å²) in [6.07, 6.45) is 1.04. The average Bonchev–Trinajstić information content (AvgIpc) is 2.86. The van der Waals surface area contributed by atoms with E-state index in [4.69, 9.17) is 4.74 Å². The minimum Gasteiger partial charge on any atom is -0.494 e. The van der Waals surface area contributed by atoms with E-state index >= 15 is 0 Å². The lowest BCUT2D eigenvalue weighted by molar-refractivity contribution is 0.385. The molecule has 2 aromatic rings. The van der Waals surface area contributed by atoms with E-state index in [9.17, 15) is 4.39 Å². The van der Waals surface area contributed by atoms with Gasteiger partial charge in [-0.15, -0.1) is 11.3 Å². The maximum absolute atomic E-state index is 13.9. The molecule has 0 radical (unpaired) electrons. The van der Waals surface area contributed by atoms with Crippen LogP contribution >= 0.6 is 11.3 Å². The summed E-state index contributed by atoms with van der Waals surface area (Å²) in [6, 6.07) is 7.31. The Bertz CT molecular complexity index is 567. The first kappa shape index (κ1) is 15.0. The molecular formula is C16H20FNOS. The van der Waals surface area contributed by atoms with E-state index in [2.05, 4.69) is 30.6 Å². The van der Waals surface area contributed by atoms with Gasteiger partial charge in [-0.2, -0.15) is 0 Å². The highest BCUT2D eigenvalue weighted by atomic mass is 32.1. The van der Waals surface area contributed by atoms with Gasteiger partial charge in [0, 0.05) is 4.88 Å². The fraction of sp³-hybridized carbons (Fsp3) is 0.375. The Morgan fingerprint density at radius 2 is 2.15 bits per heavy atom. The molecule has 4 heteroatoms. The van der Waals surface area contributed by atoms with E-state index in [1.54, 1.807) is 23.5 Å². The van der Waals surface area contributed by atoms with Gasteiger partial charge in [0.15, 0.2) is 11.6 Å². The number of thiophene rings is 1. The quantitative estimate of drug-likeness (QED) is 0.857. The van der Waals surface area contributed by atoms with Crippen LogP contribution < -0.4 is 10.1 Å². The summed E-state index contributed by atoms with van der Waals surface area (Å²) in [5.41, 5.74) is 2.17. The molecule has 1 heterocycles. The number of methoxy groups -OCH3 is 1. The zero-order valence-electron chi connectivity index (χ0n) is 12.1. The monoisotopic (exact) mass is 293 g/mol. The maximum atomic E-state index is 13.9. The third-order valence-electron chi connectivity index (χ3n) is 3.27. The third-order valence-corrected chi connectivity index (χ3v) is 4.36. The predicted octanol–water partition coefficient (Wildman–Crippen LogP) is 4.29. The zero-order valence-corrected chi connectivity index (χ0v) is 12.9. The minimum absolute atomic E-state index is 0.0374. The third kappa shape index (κ3) is 3.19. The molecule has 0 amide bonds. The van der Waals surface area contributed by atoms with Crippen molar-refractivity contribution in [2.24, 2.45) is 0 Å². The molecule has 0 aliphatic heterocycles. The zero-order chi connectivity index (χ0) is 14.5. The first-order valence-corrected chi connectivity index (χ1v) is 7.66. The molecule has 0 saturated heterocycles. The molecule has 1 aromatic heterocycles. The molecule has 0 fully saturated rings. The predicted molar refractivity (Wildman–Crippen MR) is 82.1 cm³/mol. The molecule has 2 nitrogen and oxygen atoms in total. The van der Waals surface area contributed by atoms with Crippen LogP contribution in [0.15, 0.2) is 29.6 Å². The van der Waals surface area contributed by atoms with Gasteiger partial charge in [-0.05, 0) is 54.6 Å². The van der Waals surface area contributed by atoms with Gasteiger partial charge in [-0.1, -0.05) is 13.0 Å². The summed E-state index contributed by atoms with van der Waals surface area (Å²) in [7, 11) is 1.48. The van der Waals surface area contributed by atoms with E-state index in [0.29, 0.717) is 0 Å². The van der Waals surface area contributed by atoms with Crippen molar-refractivity contribution in [3.63, 3.8) is 0 Å². The maximum Gasteiger partial charge on any atom is 0.165 e. The molecule has 1 aromatic carbocycles. The Morgan fingerprint density at radius 1 is 1.35 bits per heavy atom. The highest BCUT2D eigenvalue weighted by molar-refractivity contribution is 7.10. The molecule has 108 valence electrons. The largest absolute Gasteiger partial charge is 0.494 e. The van der Waals surface area contributed by atoms with Crippen LogP contribution in [0.25, 0.3) is 0 Å². The van der Waals surface area contributed by atoms with Crippen molar-refractivity contribution in [3.05, 3.63) is 51.5 Å². The molecule has 0 aliphatic rings. The van der Waals surface area contributed by atoms with Gasteiger partial charge in [0.1, 0.15) is 0 Å². The molecule has 1 unspecified atom stereocenters. The van der Waals surface area contributed by atoms with E-state index in [1.807, 2.05) is 6.07 Å². The molecule has 0 spiro atoms. The topological polar surface area (TPSA) is 21.3 Å². The molecule has 1 atom stereocenters. The van der Waals surface area contributed by atoms with Crippen molar-refractivity contribution in [1.29, 1.82) is 0 Å². The average molecular weight is 293 g/mol. The summed E-state index contributed by atoms with van der Waals surface area (Å²) in [5, 5.41) is 5.57. The second-order valence-electron chi connectivity index (χ2n) is 4.75. The molecule has 1 N–H and O–H groups in total. The van der Waals surface area contributed by atoms with Crippen LogP contribution in [0.3, 0.4) is 0 Å². The van der Waals surface area contributed by atoms with Crippen LogP contribution in [0, 0.1) is 12.7 Å². The minimum atomic E-state index is -0.317. The van der Waals surface area contributed by atoms with Crippen molar-refractivity contribution in [2.45, 2.75) is 26.3 Å². The van der Waals surface area contributed by atoms with Crippen molar-refractivity contribution in [3.8, 4) is 5.75 Å². The number of benzene rings is 1. The van der Waals surface area contributed by atoms with Gasteiger partial charge < -0.3 is 10.1 Å². The normalized spacial score (nSPS) is 12.4. The fourth-order valence-corrected chi connectivity index (χ4v) is 3.22. The summed E-state index contributed by atoms with van der Waals surface area (Å²) in [4.78, 5) is 1.24. The number of ether oxygens (including phenoxy) is 1. The Morgan fingerprint density at radius 3 is 2.70 bits per heavy atom. The summed E-state index contributed by atoms with van der Waals surface area (Å²) in [5.74, 6) is -0.0339. The van der Waals surface area contributed by atoms with Gasteiger partial charge in [-0.3, -0.25) is 0 Å². The van der Waals surface area contributed by atoms with Crippen LogP contribution in [0.1, 0.15) is 35.4 Å². The van der Waals surface area contributed by atoms with Gasteiger partial charge >= 0.3 is 0 Å². The molecule has 0 bridgehead atoms. The highest BCUT2D eigenvalue weighted by Crippen LogP contribution is 2.31. The SMILES string of the molecule is CCCNC(c1ccc(OC)c(F)c1)c1sccc1C. The van der Waals surface area contributed by atoms with Crippen molar-refractivity contribution in [2.75, 3.05) is 13.7 Å². The summed E-state index contributed by atoms with van der Waals surface area (Å²) < 4.78 is 18.9. The van der Waals surface area contributed by atoms with Crippen LogP contribution in [-0.4, -0.2) is 13.7 Å². The fourth-order valence-electron chi connectivity index (χ4n) is 2.19. The summed E-state index contributed by atoms with van der Waals surface area (Å²) >= 11 is 1.70. The van der Waals surface area contributed by atoms with Crippen molar-refractivity contribution in [1.82, 2.24) is 5.32 Å². The molecule has 0 aliphatic carbocycles. The number of hydrogen-bond donors (Lipinski definition) is 1. The standard InChI is InChI=1S/C16H20FNOS/c1-4-8-18-15(16-11(2)7-9-20-16)12-5-6-14(19-3)13(17)10-12/h5-7,9-10,15,18H,4,8H2,1-3H3. The van der Waals surface area contributed by atoms with Gasteiger partial charge in [0.2, 0.25) is 0 Å². The van der Waals surface area contributed by atoms with E-state index < -0.39 is 0 Å². The Labute approximate surface area is 123 Å². The Balaban J connectivity index is 2.36. The van der Waals surface area contributed by atoms with Crippen molar-refractivity contribution >= 4 is 11.3 Å². The first-order valence-electron chi connectivity index (χ1n) is 6.78. The van der Waals surface area contributed by atoms with Crippen LogP contribution in [0.5, 0.6) is 5.75 Å². The molecule has 2 rings (SSSR count). The Kier molecular flexibility index (Phi) is 5.15. The van der Waals surface area contributed by atoms with Gasteiger partial charge in [0.25, 0.3) is 0 Å². The summed E-state index contributed by atoms with van der Waals surface area (Å²) in [6.45, 7) is 5.11. The van der Waals surface area contributed by atoms with E-state index in [1.165, 1.54) is 17.6 Å². The van der Waals surface area contributed by atoms with Crippen LogP contribution in [0.4, 0.5) is 4.39 Å². The lowest BCUT2D eigenvalue weighted by Gasteiger charge is -2.19. The van der Waals surface area contributed by atoms with Gasteiger partial charge in [0.05, 0.1) is 13.2 Å². The highest BCUT2D eigenvalue weighted by Gasteiger charge is 2.18. The van der Waals surface area contributed by atoms with Crippen LogP contribution in [-0.2, 0) is 0 Å². The lowest BCUT2D eigenvalue weighted by Crippen LogP contribution is -2.23. The van der Waals surface area contributed by atoms with Gasteiger partial charge in [-0.25, -0.2) is 4.39 Å². The lowest BCUT2D eigenvalue weighted by atomic mass is 10.0. The number of hydrogen-bond acceptors (Lipinski definition) is 3.